The number of hydrogen-bond donors (Lipinski definition) is 3. The Morgan fingerprint density at radius 3 is 2.45 bits per heavy atom. The fourth-order valence-electron chi connectivity index (χ4n) is 2.02. The van der Waals surface area contributed by atoms with Gasteiger partial charge in [0.1, 0.15) is 0 Å². The summed E-state index contributed by atoms with van der Waals surface area (Å²) in [5.74, 6) is -1.50. The molecule has 0 aliphatic carbocycles. The van der Waals surface area contributed by atoms with Gasteiger partial charge in [0.05, 0.1) is 17.3 Å². The van der Waals surface area contributed by atoms with Gasteiger partial charge >= 0.3 is 5.97 Å². The summed E-state index contributed by atoms with van der Waals surface area (Å²) in [5.41, 5.74) is 2.28. The van der Waals surface area contributed by atoms with Crippen LogP contribution in [0.3, 0.4) is 0 Å². The number of nitrogens with zero attached hydrogens (tertiary/aromatic N) is 1. The van der Waals surface area contributed by atoms with Gasteiger partial charge in [-0.2, -0.15) is 5.10 Å². The van der Waals surface area contributed by atoms with E-state index < -0.39 is 11.9 Å². The maximum Gasteiger partial charge on any atom is 0.336 e. The van der Waals surface area contributed by atoms with Gasteiger partial charge in [0.25, 0.3) is 5.91 Å². The highest BCUT2D eigenvalue weighted by Crippen LogP contribution is 2.19. The third-order valence-corrected chi connectivity index (χ3v) is 3.07. The molecule has 1 heterocycles. The number of nitrogens with one attached hydrogen (secondary N) is 2. The molecule has 0 atom stereocenters. The van der Waals surface area contributed by atoms with Gasteiger partial charge in [-0.15, -0.1) is 0 Å². The number of H-pyrrole nitrogens is 1. The first-order valence-electron chi connectivity index (χ1n) is 6.10. The quantitative estimate of drug-likeness (QED) is 0.789. The van der Waals surface area contributed by atoms with E-state index in [2.05, 4.69) is 15.5 Å². The molecule has 3 N–H and O–H groups in total. The number of aryl methyl sites for hydroxylation is 2. The van der Waals surface area contributed by atoms with Crippen molar-refractivity contribution in [2.24, 2.45) is 0 Å². The van der Waals surface area contributed by atoms with Gasteiger partial charge in [-0.05, 0) is 25.0 Å². The number of rotatable bonds is 4. The topological polar surface area (TPSA) is 95.1 Å². The van der Waals surface area contributed by atoms with Crippen LogP contribution in [0.2, 0.25) is 0 Å². The zero-order chi connectivity index (χ0) is 14.7. The number of benzene rings is 1. The van der Waals surface area contributed by atoms with Crippen molar-refractivity contribution in [2.45, 2.75) is 20.4 Å². The molecular weight excluding hydrogens is 258 g/mol. The molecule has 0 unspecified atom stereocenters. The Bertz CT molecular complexity index is 648. The van der Waals surface area contributed by atoms with E-state index in [0.29, 0.717) is 17.7 Å². The number of carboxylic acid groups (broad SMARTS) is 1. The third kappa shape index (κ3) is 2.69. The van der Waals surface area contributed by atoms with Crippen LogP contribution in [0.5, 0.6) is 0 Å². The van der Waals surface area contributed by atoms with Crippen LogP contribution in [0.1, 0.15) is 37.4 Å². The van der Waals surface area contributed by atoms with Gasteiger partial charge in [-0.25, -0.2) is 4.79 Å². The van der Waals surface area contributed by atoms with Crippen molar-refractivity contribution >= 4 is 11.9 Å². The largest absolute Gasteiger partial charge is 0.478 e. The third-order valence-electron chi connectivity index (χ3n) is 3.07. The molecule has 1 aromatic carbocycles. The molecular formula is C14H15N3O3. The zero-order valence-corrected chi connectivity index (χ0v) is 11.2. The summed E-state index contributed by atoms with van der Waals surface area (Å²) in [6.45, 7) is 3.69. The minimum absolute atomic E-state index is 0.0506. The summed E-state index contributed by atoms with van der Waals surface area (Å²) in [4.78, 5) is 23.6. The summed E-state index contributed by atoms with van der Waals surface area (Å²) < 4.78 is 0. The van der Waals surface area contributed by atoms with Crippen molar-refractivity contribution < 1.29 is 14.7 Å². The van der Waals surface area contributed by atoms with Gasteiger partial charge in [-0.3, -0.25) is 9.89 Å². The molecule has 0 radical (unpaired) electrons. The summed E-state index contributed by atoms with van der Waals surface area (Å²) >= 11 is 0. The molecule has 0 spiro atoms. The van der Waals surface area contributed by atoms with Crippen LogP contribution < -0.4 is 5.32 Å². The average Bonchev–Trinajstić information content (AvgIpc) is 2.91. The smallest absolute Gasteiger partial charge is 0.336 e. The monoisotopic (exact) mass is 273 g/mol. The van der Waals surface area contributed by atoms with Gasteiger partial charge in [0.15, 0.2) is 0 Å². The molecule has 0 fully saturated rings. The molecule has 2 rings (SSSR count). The van der Waals surface area contributed by atoms with E-state index in [-0.39, 0.29) is 11.1 Å². The Labute approximate surface area is 115 Å². The average molecular weight is 273 g/mol. The van der Waals surface area contributed by atoms with Crippen molar-refractivity contribution in [2.75, 3.05) is 0 Å². The molecule has 6 heteroatoms. The first-order valence-corrected chi connectivity index (χ1v) is 6.10. The standard InChI is InChI=1S/C14H15N3O3/c1-8-3-4-9(2)12(14(19)20)11(8)13(18)15-5-10-6-16-17-7-10/h3-4,6-7H,5H2,1-2H3,(H,15,18)(H,16,17)(H,19,20). The van der Waals surface area contributed by atoms with E-state index in [1.165, 1.54) is 0 Å². The Morgan fingerprint density at radius 2 is 1.90 bits per heavy atom. The van der Waals surface area contributed by atoms with Crippen LogP contribution in [0.15, 0.2) is 24.5 Å². The molecule has 0 aliphatic rings. The van der Waals surface area contributed by atoms with E-state index in [0.717, 1.165) is 5.56 Å². The molecule has 2 aromatic rings. The Kier molecular flexibility index (Phi) is 3.84. The Balaban J connectivity index is 2.29. The SMILES string of the molecule is Cc1ccc(C)c(C(=O)NCc2cn[nH]c2)c1C(=O)O. The van der Waals surface area contributed by atoms with Crippen LogP contribution in [0.4, 0.5) is 0 Å². The predicted octanol–water partition coefficient (Wildman–Crippen LogP) is 1.65. The maximum absolute atomic E-state index is 12.2. The number of hydrogen-bond acceptors (Lipinski definition) is 3. The lowest BCUT2D eigenvalue weighted by Crippen LogP contribution is -2.26. The van der Waals surface area contributed by atoms with Crippen molar-refractivity contribution in [1.29, 1.82) is 0 Å². The summed E-state index contributed by atoms with van der Waals surface area (Å²) in [7, 11) is 0. The normalized spacial score (nSPS) is 10.3. The van der Waals surface area contributed by atoms with Crippen LogP contribution in [-0.4, -0.2) is 27.2 Å². The lowest BCUT2D eigenvalue weighted by Gasteiger charge is -2.12. The molecule has 0 saturated carbocycles. The minimum Gasteiger partial charge on any atom is -0.478 e. The molecule has 0 bridgehead atoms. The van der Waals surface area contributed by atoms with Crippen molar-refractivity contribution in [1.82, 2.24) is 15.5 Å². The maximum atomic E-state index is 12.2. The molecule has 1 amide bonds. The molecule has 6 nitrogen and oxygen atoms in total. The fourth-order valence-corrected chi connectivity index (χ4v) is 2.02. The fraction of sp³-hybridized carbons (Fsp3) is 0.214. The Morgan fingerprint density at radius 1 is 1.25 bits per heavy atom. The second-order valence-corrected chi connectivity index (χ2v) is 4.54. The lowest BCUT2D eigenvalue weighted by atomic mass is 9.96. The lowest BCUT2D eigenvalue weighted by molar-refractivity contribution is 0.0690. The first kappa shape index (κ1) is 13.8. The van der Waals surface area contributed by atoms with Crippen molar-refractivity contribution in [3.63, 3.8) is 0 Å². The second kappa shape index (κ2) is 5.56. The summed E-state index contributed by atoms with van der Waals surface area (Å²) in [6, 6.07) is 3.44. The molecule has 104 valence electrons. The molecule has 20 heavy (non-hydrogen) atoms. The highest BCUT2D eigenvalue weighted by Gasteiger charge is 2.21. The van der Waals surface area contributed by atoms with E-state index in [4.69, 9.17) is 0 Å². The summed E-state index contributed by atoms with van der Waals surface area (Å²) in [6.07, 6.45) is 3.27. The van der Waals surface area contributed by atoms with E-state index >= 15 is 0 Å². The number of carbonyl (C=O) groups excluding carboxylic acids is 1. The van der Waals surface area contributed by atoms with Crippen LogP contribution >= 0.6 is 0 Å². The second-order valence-electron chi connectivity index (χ2n) is 4.54. The van der Waals surface area contributed by atoms with Gasteiger partial charge < -0.3 is 10.4 Å². The van der Waals surface area contributed by atoms with E-state index in [1.807, 2.05) is 0 Å². The number of aromatic amines is 1. The summed E-state index contributed by atoms with van der Waals surface area (Å²) in [5, 5.41) is 18.4. The van der Waals surface area contributed by atoms with Gasteiger partial charge in [-0.1, -0.05) is 12.1 Å². The number of aromatic nitrogens is 2. The molecule has 0 saturated heterocycles. The van der Waals surface area contributed by atoms with Crippen LogP contribution in [-0.2, 0) is 6.54 Å². The van der Waals surface area contributed by atoms with Gasteiger partial charge in [0.2, 0.25) is 0 Å². The predicted molar refractivity (Wildman–Crippen MR) is 72.6 cm³/mol. The van der Waals surface area contributed by atoms with Crippen molar-refractivity contribution in [3.05, 3.63) is 52.3 Å². The van der Waals surface area contributed by atoms with E-state index in [1.54, 1.807) is 38.4 Å². The Hall–Kier alpha value is -2.63. The minimum atomic E-state index is -1.10. The number of amides is 1. The highest BCUT2D eigenvalue weighted by atomic mass is 16.4. The van der Waals surface area contributed by atoms with Gasteiger partial charge in [0, 0.05) is 18.3 Å². The first-order chi connectivity index (χ1) is 9.50. The zero-order valence-electron chi connectivity index (χ0n) is 11.2. The van der Waals surface area contributed by atoms with Crippen LogP contribution in [0, 0.1) is 13.8 Å². The number of aromatic carboxylic acids is 1. The molecule has 1 aromatic heterocycles. The van der Waals surface area contributed by atoms with E-state index in [9.17, 15) is 14.7 Å². The highest BCUT2D eigenvalue weighted by molar-refractivity contribution is 6.06. The number of carbonyl (C=O) groups is 2. The van der Waals surface area contributed by atoms with Crippen LogP contribution in [0.25, 0.3) is 0 Å². The molecule has 0 aliphatic heterocycles. The number of carboxylic acids is 1. The van der Waals surface area contributed by atoms with Crippen molar-refractivity contribution in [3.8, 4) is 0 Å².